The molecule has 2 aromatic rings. The van der Waals surface area contributed by atoms with Crippen LogP contribution in [0.5, 0.6) is 0 Å². The number of aryl methyl sites for hydroxylation is 1. The van der Waals surface area contributed by atoms with Crippen molar-refractivity contribution in [2.24, 2.45) is 0 Å². The summed E-state index contributed by atoms with van der Waals surface area (Å²) in [6.45, 7) is 3.09. The number of ether oxygens (including phenoxy) is 1. The number of benzene rings is 1. The fourth-order valence-electron chi connectivity index (χ4n) is 3.26. The van der Waals surface area contributed by atoms with Crippen LogP contribution in [0, 0.1) is 12.7 Å². The van der Waals surface area contributed by atoms with E-state index in [0.29, 0.717) is 22.1 Å². The van der Waals surface area contributed by atoms with Crippen LogP contribution in [0.1, 0.15) is 28.6 Å². The van der Waals surface area contributed by atoms with Gasteiger partial charge in [0.15, 0.2) is 15.9 Å². The minimum Gasteiger partial charge on any atom is -0.448 e. The van der Waals surface area contributed by atoms with Gasteiger partial charge in [-0.1, -0.05) is 6.07 Å². The summed E-state index contributed by atoms with van der Waals surface area (Å²) in [4.78, 5) is 26.6. The molecule has 0 unspecified atom stereocenters. The summed E-state index contributed by atoms with van der Waals surface area (Å²) >= 11 is 1.11. The van der Waals surface area contributed by atoms with Gasteiger partial charge in [-0.15, -0.1) is 11.3 Å². The van der Waals surface area contributed by atoms with Crippen molar-refractivity contribution in [1.82, 2.24) is 4.90 Å². The molecule has 0 saturated carbocycles. The van der Waals surface area contributed by atoms with Crippen molar-refractivity contribution in [1.29, 1.82) is 0 Å². The van der Waals surface area contributed by atoms with E-state index in [4.69, 9.17) is 4.74 Å². The molecular weight excluding hydrogens is 393 g/mol. The molecule has 1 saturated heterocycles. The second-order valence-corrected chi connectivity index (χ2v) is 10.0. The Labute approximate surface area is 160 Å². The standard InChI is InChI=1S/C18H20FNO5S2/c1-10-15-13(19)5-4-6-14(15)26-16(10)18(22)25-11(2)17(21)20(3)12-7-8-27(23,24)9-12/h4-6,11-12H,7-9H2,1-3H3/t11-,12+/m1/s1. The lowest BCUT2D eigenvalue weighted by Gasteiger charge is -2.26. The number of hydrogen-bond donors (Lipinski definition) is 0. The summed E-state index contributed by atoms with van der Waals surface area (Å²) in [6, 6.07) is 4.20. The van der Waals surface area contributed by atoms with Crippen molar-refractivity contribution in [3.8, 4) is 0 Å². The Bertz CT molecular complexity index is 1010. The number of esters is 1. The molecule has 0 bridgehead atoms. The van der Waals surface area contributed by atoms with Gasteiger partial charge in [-0.2, -0.15) is 0 Å². The van der Waals surface area contributed by atoms with Gasteiger partial charge in [0, 0.05) is 23.2 Å². The Kier molecular flexibility index (Phi) is 5.27. The zero-order chi connectivity index (χ0) is 19.9. The van der Waals surface area contributed by atoms with Crippen molar-refractivity contribution >= 4 is 43.1 Å². The average molecular weight is 413 g/mol. The molecule has 1 aromatic carbocycles. The van der Waals surface area contributed by atoms with Gasteiger partial charge in [0.05, 0.1) is 11.5 Å². The topological polar surface area (TPSA) is 80.8 Å². The third-order valence-electron chi connectivity index (χ3n) is 4.82. The molecule has 1 fully saturated rings. The first kappa shape index (κ1) is 19.8. The third-order valence-corrected chi connectivity index (χ3v) is 7.81. The number of nitrogens with zero attached hydrogens (tertiary/aromatic N) is 1. The van der Waals surface area contributed by atoms with Crippen LogP contribution in [0.15, 0.2) is 18.2 Å². The van der Waals surface area contributed by atoms with E-state index in [9.17, 15) is 22.4 Å². The highest BCUT2D eigenvalue weighted by molar-refractivity contribution is 7.91. The second-order valence-electron chi connectivity index (χ2n) is 6.72. The highest BCUT2D eigenvalue weighted by atomic mass is 32.2. The van der Waals surface area contributed by atoms with Crippen LogP contribution < -0.4 is 0 Å². The number of rotatable bonds is 4. The highest BCUT2D eigenvalue weighted by Crippen LogP contribution is 2.33. The number of carbonyl (C=O) groups is 2. The van der Waals surface area contributed by atoms with Crippen LogP contribution in [-0.4, -0.2) is 55.9 Å². The van der Waals surface area contributed by atoms with Crippen molar-refractivity contribution < 1.29 is 27.1 Å². The number of amides is 1. The molecule has 27 heavy (non-hydrogen) atoms. The Hall–Kier alpha value is -2.00. The molecule has 2 heterocycles. The Morgan fingerprint density at radius 2 is 2.07 bits per heavy atom. The molecule has 1 aromatic heterocycles. The molecule has 0 radical (unpaired) electrons. The fraction of sp³-hybridized carbons (Fsp3) is 0.444. The van der Waals surface area contributed by atoms with Crippen molar-refractivity contribution in [2.75, 3.05) is 18.6 Å². The summed E-state index contributed by atoms with van der Waals surface area (Å²) < 4.78 is 43.1. The molecule has 1 amide bonds. The molecule has 0 N–H and O–H groups in total. The quantitative estimate of drug-likeness (QED) is 0.720. The van der Waals surface area contributed by atoms with E-state index in [0.717, 1.165) is 11.3 Å². The Balaban J connectivity index is 1.73. The molecular formula is C18H20FNO5S2. The van der Waals surface area contributed by atoms with Crippen molar-refractivity contribution in [3.05, 3.63) is 34.5 Å². The van der Waals surface area contributed by atoms with E-state index in [2.05, 4.69) is 0 Å². The van der Waals surface area contributed by atoms with Crippen LogP contribution >= 0.6 is 11.3 Å². The molecule has 0 aliphatic carbocycles. The first-order valence-electron chi connectivity index (χ1n) is 8.46. The number of carbonyl (C=O) groups excluding carboxylic acids is 2. The van der Waals surface area contributed by atoms with Crippen LogP contribution in [0.3, 0.4) is 0 Å². The molecule has 0 spiro atoms. The van der Waals surface area contributed by atoms with E-state index in [1.165, 1.54) is 24.9 Å². The van der Waals surface area contributed by atoms with Crippen molar-refractivity contribution in [3.63, 3.8) is 0 Å². The molecule has 3 rings (SSSR count). The minimum atomic E-state index is -3.13. The smallest absolute Gasteiger partial charge is 0.349 e. The number of sulfone groups is 1. The summed E-state index contributed by atoms with van der Waals surface area (Å²) in [5.41, 5.74) is 0.480. The first-order chi connectivity index (χ1) is 12.6. The SMILES string of the molecule is Cc1c(C(=O)O[C@H](C)C(=O)N(C)[C@H]2CCS(=O)(=O)C2)sc2cccc(F)c12. The Morgan fingerprint density at radius 3 is 2.67 bits per heavy atom. The monoisotopic (exact) mass is 413 g/mol. The van der Waals surface area contributed by atoms with Crippen molar-refractivity contribution in [2.45, 2.75) is 32.4 Å². The van der Waals surface area contributed by atoms with Crippen LogP contribution in [0.2, 0.25) is 0 Å². The van der Waals surface area contributed by atoms with Gasteiger partial charge >= 0.3 is 5.97 Å². The normalized spacial score (nSPS) is 19.8. The van der Waals surface area contributed by atoms with E-state index < -0.39 is 39.7 Å². The summed E-state index contributed by atoms with van der Waals surface area (Å²) in [5.74, 6) is -1.59. The number of likely N-dealkylation sites (N-methyl/N-ethyl adjacent to an activating group) is 1. The third kappa shape index (κ3) is 3.84. The van der Waals surface area contributed by atoms with Gasteiger partial charge in [0.2, 0.25) is 0 Å². The average Bonchev–Trinajstić information content (AvgIpc) is 3.14. The number of fused-ring (bicyclic) bond motifs is 1. The van der Waals surface area contributed by atoms with Gasteiger partial charge in [-0.05, 0) is 38.0 Å². The van der Waals surface area contributed by atoms with Crippen LogP contribution in [-0.2, 0) is 19.4 Å². The zero-order valence-electron chi connectivity index (χ0n) is 15.2. The number of halogens is 1. The van der Waals surface area contributed by atoms with E-state index in [1.54, 1.807) is 19.1 Å². The van der Waals surface area contributed by atoms with Gasteiger partial charge < -0.3 is 9.64 Å². The molecule has 6 nitrogen and oxygen atoms in total. The molecule has 1 aliphatic heterocycles. The van der Waals surface area contributed by atoms with Crippen LogP contribution in [0.4, 0.5) is 4.39 Å². The van der Waals surface area contributed by atoms with Gasteiger partial charge in [0.1, 0.15) is 10.7 Å². The molecule has 2 atom stereocenters. The lowest BCUT2D eigenvalue weighted by Crippen LogP contribution is -2.44. The predicted octanol–water partition coefficient (Wildman–Crippen LogP) is 2.54. The molecule has 9 heteroatoms. The summed E-state index contributed by atoms with van der Waals surface area (Å²) in [6.07, 6.45) is -0.694. The zero-order valence-corrected chi connectivity index (χ0v) is 16.8. The minimum absolute atomic E-state index is 0.0516. The van der Waals surface area contributed by atoms with Gasteiger partial charge in [-0.3, -0.25) is 4.79 Å². The number of thiophene rings is 1. The van der Waals surface area contributed by atoms with E-state index in [-0.39, 0.29) is 16.4 Å². The highest BCUT2D eigenvalue weighted by Gasteiger charge is 2.35. The lowest BCUT2D eigenvalue weighted by molar-refractivity contribution is -0.140. The fourth-order valence-corrected chi connectivity index (χ4v) is 6.14. The van der Waals surface area contributed by atoms with Gasteiger partial charge in [0.25, 0.3) is 5.91 Å². The molecule has 146 valence electrons. The second kappa shape index (κ2) is 7.20. The maximum Gasteiger partial charge on any atom is 0.349 e. The molecule has 1 aliphatic rings. The summed E-state index contributed by atoms with van der Waals surface area (Å²) in [5, 5.41) is 0.377. The summed E-state index contributed by atoms with van der Waals surface area (Å²) in [7, 11) is -1.61. The largest absolute Gasteiger partial charge is 0.448 e. The van der Waals surface area contributed by atoms with E-state index >= 15 is 0 Å². The maximum atomic E-state index is 14.0. The Morgan fingerprint density at radius 1 is 1.37 bits per heavy atom. The lowest BCUT2D eigenvalue weighted by atomic mass is 10.1. The van der Waals surface area contributed by atoms with Crippen LogP contribution in [0.25, 0.3) is 10.1 Å². The predicted molar refractivity (Wildman–Crippen MR) is 101 cm³/mol. The maximum absolute atomic E-state index is 14.0. The van der Waals surface area contributed by atoms with E-state index in [1.807, 2.05) is 0 Å². The van der Waals surface area contributed by atoms with Gasteiger partial charge in [-0.25, -0.2) is 17.6 Å². The first-order valence-corrected chi connectivity index (χ1v) is 11.1. The number of hydrogen-bond acceptors (Lipinski definition) is 6.